The normalized spacial score (nSPS) is 21.6. The lowest BCUT2D eigenvalue weighted by atomic mass is 9.70. The summed E-state index contributed by atoms with van der Waals surface area (Å²) in [5.41, 5.74) is 0.159. The van der Waals surface area contributed by atoms with Crippen LogP contribution in [0.2, 0.25) is 0 Å². The molecule has 1 heterocycles. The highest BCUT2D eigenvalue weighted by Gasteiger charge is 2.41. The van der Waals surface area contributed by atoms with E-state index in [1.54, 1.807) is 4.68 Å². The first kappa shape index (κ1) is 9.71. The average Bonchev–Trinajstić information content (AvgIpc) is 2.48. The van der Waals surface area contributed by atoms with Crippen molar-refractivity contribution >= 4 is 0 Å². The third-order valence-corrected chi connectivity index (χ3v) is 3.48. The monoisotopic (exact) mass is 194 g/mol. The number of hydrogen-bond acceptors (Lipinski definition) is 2. The summed E-state index contributed by atoms with van der Waals surface area (Å²) in [5, 5.41) is 14.9. The molecule has 0 aromatic carbocycles. The molecule has 3 nitrogen and oxygen atoms in total. The van der Waals surface area contributed by atoms with E-state index >= 15 is 0 Å². The molecule has 0 radical (unpaired) electrons. The molecular weight excluding hydrogens is 176 g/mol. The molecule has 0 spiro atoms. The van der Waals surface area contributed by atoms with Crippen LogP contribution in [0.3, 0.4) is 0 Å². The maximum atomic E-state index is 10.5. The first-order valence-electron chi connectivity index (χ1n) is 5.39. The van der Waals surface area contributed by atoms with Crippen LogP contribution < -0.4 is 0 Å². The van der Waals surface area contributed by atoms with E-state index < -0.39 is 5.60 Å². The number of nitrogens with zero attached hydrogens (tertiary/aromatic N) is 2. The first-order chi connectivity index (χ1) is 6.66. The Bertz CT molecular complexity index is 317. The van der Waals surface area contributed by atoms with Crippen LogP contribution in [-0.4, -0.2) is 14.9 Å². The van der Waals surface area contributed by atoms with Gasteiger partial charge in [-0.15, -0.1) is 0 Å². The standard InChI is InChI=1S/C11H18N2O/c1-3-11(14,9-5-4-6-9)10-7-8-13(2)12-10/h7-9,14H,3-6H2,1-2H3. The maximum absolute atomic E-state index is 10.5. The fraction of sp³-hybridized carbons (Fsp3) is 0.727. The Labute approximate surface area is 84.7 Å². The largest absolute Gasteiger partial charge is 0.383 e. The molecule has 1 unspecified atom stereocenters. The van der Waals surface area contributed by atoms with Gasteiger partial charge in [-0.05, 0) is 31.2 Å². The van der Waals surface area contributed by atoms with E-state index in [1.807, 2.05) is 26.2 Å². The summed E-state index contributed by atoms with van der Waals surface area (Å²) >= 11 is 0. The molecule has 0 bridgehead atoms. The van der Waals surface area contributed by atoms with Crippen molar-refractivity contribution in [2.24, 2.45) is 13.0 Å². The molecule has 1 aromatic rings. The van der Waals surface area contributed by atoms with Crippen LogP contribution in [0.5, 0.6) is 0 Å². The van der Waals surface area contributed by atoms with Crippen LogP contribution in [-0.2, 0) is 12.6 Å². The van der Waals surface area contributed by atoms with Gasteiger partial charge < -0.3 is 5.11 Å². The van der Waals surface area contributed by atoms with E-state index in [-0.39, 0.29) is 0 Å². The second-order valence-electron chi connectivity index (χ2n) is 4.28. The SMILES string of the molecule is CCC(O)(c1ccn(C)n1)C1CCC1. The Balaban J connectivity index is 2.26. The van der Waals surface area contributed by atoms with Gasteiger partial charge in [-0.3, -0.25) is 4.68 Å². The second-order valence-corrected chi connectivity index (χ2v) is 4.28. The van der Waals surface area contributed by atoms with Crippen molar-refractivity contribution in [3.63, 3.8) is 0 Å². The van der Waals surface area contributed by atoms with Gasteiger partial charge in [0.1, 0.15) is 5.60 Å². The van der Waals surface area contributed by atoms with Crippen LogP contribution in [0.4, 0.5) is 0 Å². The van der Waals surface area contributed by atoms with E-state index in [1.165, 1.54) is 6.42 Å². The highest BCUT2D eigenvalue weighted by atomic mass is 16.3. The van der Waals surface area contributed by atoms with Gasteiger partial charge in [0.15, 0.2) is 0 Å². The second kappa shape index (κ2) is 3.39. The zero-order valence-electron chi connectivity index (χ0n) is 8.90. The predicted molar refractivity (Wildman–Crippen MR) is 54.7 cm³/mol. The summed E-state index contributed by atoms with van der Waals surface area (Å²) in [6.45, 7) is 2.03. The molecule has 3 heteroatoms. The van der Waals surface area contributed by atoms with E-state index in [0.717, 1.165) is 25.0 Å². The molecule has 1 saturated carbocycles. The molecule has 1 aliphatic carbocycles. The highest BCUT2D eigenvalue weighted by Crippen LogP contribution is 2.43. The van der Waals surface area contributed by atoms with Crippen LogP contribution in [0.15, 0.2) is 12.3 Å². The van der Waals surface area contributed by atoms with Crippen LogP contribution in [0, 0.1) is 5.92 Å². The summed E-state index contributed by atoms with van der Waals surface area (Å²) in [5.74, 6) is 0.419. The molecule has 0 saturated heterocycles. The zero-order valence-corrected chi connectivity index (χ0v) is 8.90. The minimum absolute atomic E-state index is 0.419. The molecular formula is C11H18N2O. The van der Waals surface area contributed by atoms with Gasteiger partial charge in [0.2, 0.25) is 0 Å². The van der Waals surface area contributed by atoms with Crippen molar-refractivity contribution in [2.75, 3.05) is 0 Å². The summed E-state index contributed by atoms with van der Waals surface area (Å²) in [7, 11) is 1.89. The van der Waals surface area contributed by atoms with Crippen molar-refractivity contribution in [3.8, 4) is 0 Å². The van der Waals surface area contributed by atoms with E-state index in [2.05, 4.69) is 5.10 Å². The van der Waals surface area contributed by atoms with Crippen molar-refractivity contribution in [1.29, 1.82) is 0 Å². The maximum Gasteiger partial charge on any atom is 0.111 e. The highest BCUT2D eigenvalue weighted by molar-refractivity contribution is 5.13. The minimum Gasteiger partial charge on any atom is -0.383 e. The predicted octanol–water partition coefficient (Wildman–Crippen LogP) is 1.82. The molecule has 2 rings (SSSR count). The summed E-state index contributed by atoms with van der Waals surface area (Å²) in [6.07, 6.45) is 6.19. The van der Waals surface area contributed by atoms with Crippen LogP contribution in [0.25, 0.3) is 0 Å². The Morgan fingerprint density at radius 3 is 2.71 bits per heavy atom. The third kappa shape index (κ3) is 1.36. The topological polar surface area (TPSA) is 38.0 Å². The van der Waals surface area contributed by atoms with Gasteiger partial charge >= 0.3 is 0 Å². The van der Waals surface area contributed by atoms with Gasteiger partial charge in [0, 0.05) is 13.2 Å². The van der Waals surface area contributed by atoms with E-state index in [0.29, 0.717) is 5.92 Å². The van der Waals surface area contributed by atoms with Crippen molar-refractivity contribution < 1.29 is 5.11 Å². The average molecular weight is 194 g/mol. The Morgan fingerprint density at radius 1 is 1.64 bits per heavy atom. The quantitative estimate of drug-likeness (QED) is 0.797. The van der Waals surface area contributed by atoms with Gasteiger partial charge in [-0.2, -0.15) is 5.10 Å². The number of aryl methyl sites for hydroxylation is 1. The molecule has 78 valence electrons. The number of rotatable bonds is 3. The Hall–Kier alpha value is -0.830. The van der Waals surface area contributed by atoms with Crippen LogP contribution >= 0.6 is 0 Å². The van der Waals surface area contributed by atoms with Crippen molar-refractivity contribution in [2.45, 2.75) is 38.2 Å². The lowest BCUT2D eigenvalue weighted by molar-refractivity contribution is -0.0632. The molecule has 1 aliphatic rings. The molecule has 0 aliphatic heterocycles. The third-order valence-electron chi connectivity index (χ3n) is 3.48. The van der Waals surface area contributed by atoms with Gasteiger partial charge in [-0.1, -0.05) is 13.3 Å². The molecule has 1 fully saturated rings. The molecule has 14 heavy (non-hydrogen) atoms. The van der Waals surface area contributed by atoms with Gasteiger partial charge in [-0.25, -0.2) is 0 Å². The van der Waals surface area contributed by atoms with Gasteiger partial charge in [0.05, 0.1) is 5.69 Å². The zero-order chi connectivity index (χ0) is 10.2. The molecule has 1 aromatic heterocycles. The fourth-order valence-electron chi connectivity index (χ4n) is 2.21. The molecule has 1 N–H and O–H groups in total. The van der Waals surface area contributed by atoms with E-state index in [4.69, 9.17) is 0 Å². The molecule has 1 atom stereocenters. The Morgan fingerprint density at radius 2 is 2.36 bits per heavy atom. The minimum atomic E-state index is -0.681. The summed E-state index contributed by atoms with van der Waals surface area (Å²) in [4.78, 5) is 0. The lowest BCUT2D eigenvalue weighted by Crippen LogP contribution is -2.39. The van der Waals surface area contributed by atoms with Crippen LogP contribution in [0.1, 0.15) is 38.3 Å². The summed E-state index contributed by atoms with van der Waals surface area (Å²) < 4.78 is 1.76. The first-order valence-corrected chi connectivity index (χ1v) is 5.39. The molecule has 0 amide bonds. The number of aliphatic hydroxyl groups is 1. The lowest BCUT2D eigenvalue weighted by Gasteiger charge is -2.39. The fourth-order valence-corrected chi connectivity index (χ4v) is 2.21. The van der Waals surface area contributed by atoms with E-state index in [9.17, 15) is 5.11 Å². The number of hydrogen-bond donors (Lipinski definition) is 1. The van der Waals surface area contributed by atoms with Crippen molar-refractivity contribution in [1.82, 2.24) is 9.78 Å². The number of aromatic nitrogens is 2. The Kier molecular flexibility index (Phi) is 2.35. The smallest absolute Gasteiger partial charge is 0.111 e. The van der Waals surface area contributed by atoms with Gasteiger partial charge in [0.25, 0.3) is 0 Å². The van der Waals surface area contributed by atoms with Crippen molar-refractivity contribution in [3.05, 3.63) is 18.0 Å². The summed E-state index contributed by atoms with van der Waals surface area (Å²) in [6, 6.07) is 1.93.